The van der Waals surface area contributed by atoms with Crippen molar-refractivity contribution in [2.75, 3.05) is 17.7 Å². The lowest BCUT2D eigenvalue weighted by Crippen LogP contribution is -2.19. The highest BCUT2D eigenvalue weighted by molar-refractivity contribution is 7.80. The lowest BCUT2D eigenvalue weighted by molar-refractivity contribution is 0.0600. The van der Waals surface area contributed by atoms with Crippen molar-refractivity contribution in [3.8, 4) is 0 Å². The summed E-state index contributed by atoms with van der Waals surface area (Å²) >= 11 is 4.93. The zero-order valence-corrected chi connectivity index (χ0v) is 19.4. The molecule has 8 nitrogen and oxygen atoms in total. The van der Waals surface area contributed by atoms with E-state index < -0.39 is 17.8 Å². The second-order valence-electron chi connectivity index (χ2n) is 7.52. The maximum Gasteiger partial charge on any atom is 0.339 e. The third-order valence-electron chi connectivity index (χ3n) is 5.23. The molecule has 0 fully saturated rings. The molecule has 0 saturated heterocycles. The van der Waals surface area contributed by atoms with Crippen LogP contribution in [0.15, 0.2) is 79.0 Å². The van der Waals surface area contributed by atoms with Gasteiger partial charge in [0.25, 0.3) is 11.8 Å². The number of hydrogen-bond donors (Lipinski definition) is 3. The highest BCUT2D eigenvalue weighted by atomic mass is 32.1. The minimum atomic E-state index is -0.638. The number of pyridine rings is 1. The lowest BCUT2D eigenvalue weighted by Gasteiger charge is -2.13. The first-order valence-corrected chi connectivity index (χ1v) is 10.9. The number of fused-ring (bicyclic) bond motifs is 1. The van der Waals surface area contributed by atoms with Gasteiger partial charge in [-0.15, -0.1) is 0 Å². The molecule has 2 amide bonds. The van der Waals surface area contributed by atoms with Crippen LogP contribution in [0.2, 0.25) is 0 Å². The number of benzene rings is 3. The molecule has 4 rings (SSSR count). The first kappa shape index (κ1) is 23.5. The maximum absolute atomic E-state index is 13.0. The Bertz CT molecular complexity index is 1470. The molecule has 4 N–H and O–H groups in total. The number of carbonyl (C=O) groups excluding carboxylic acids is 3. The van der Waals surface area contributed by atoms with Crippen molar-refractivity contribution in [2.24, 2.45) is 5.73 Å². The van der Waals surface area contributed by atoms with Crippen LogP contribution in [-0.2, 0) is 4.74 Å². The maximum atomic E-state index is 13.0. The summed E-state index contributed by atoms with van der Waals surface area (Å²) < 4.78 is 4.74. The average Bonchev–Trinajstić information content (AvgIpc) is 2.88. The number of methoxy groups -OCH3 is 1. The van der Waals surface area contributed by atoms with Crippen LogP contribution in [0.3, 0.4) is 0 Å². The van der Waals surface area contributed by atoms with E-state index in [0.29, 0.717) is 16.7 Å². The fourth-order valence-corrected chi connectivity index (χ4v) is 3.52. The van der Waals surface area contributed by atoms with Gasteiger partial charge in [0.15, 0.2) is 5.82 Å². The Morgan fingerprint density at radius 2 is 1.43 bits per heavy atom. The van der Waals surface area contributed by atoms with E-state index in [-0.39, 0.29) is 22.1 Å². The van der Waals surface area contributed by atoms with E-state index in [9.17, 15) is 14.4 Å². The average molecular weight is 485 g/mol. The first-order valence-electron chi connectivity index (χ1n) is 10.5. The van der Waals surface area contributed by atoms with E-state index in [0.717, 1.165) is 10.8 Å². The van der Waals surface area contributed by atoms with Crippen LogP contribution >= 0.6 is 12.2 Å². The van der Waals surface area contributed by atoms with Crippen molar-refractivity contribution in [3.05, 3.63) is 101 Å². The molecule has 0 aliphatic heterocycles. The Kier molecular flexibility index (Phi) is 6.79. The van der Waals surface area contributed by atoms with Gasteiger partial charge in [-0.3, -0.25) is 9.59 Å². The molecule has 35 heavy (non-hydrogen) atoms. The molecule has 0 saturated carbocycles. The minimum Gasteiger partial charge on any atom is -0.465 e. The fraction of sp³-hybridized carbons (Fsp3) is 0.0385. The molecule has 0 bridgehead atoms. The molecule has 0 aliphatic rings. The number of thiocarbonyl (C=S) groups is 1. The number of aromatic nitrogens is 1. The molecule has 4 aromatic rings. The SMILES string of the molecule is COC(=O)c1cnc(NC(=O)c2ccc3ccccc3c2)c(NC(=O)c2ccc(C(N)=S)cc2)c1. The molecular formula is C26H20N4O4S. The quantitative estimate of drug-likeness (QED) is 0.277. The minimum absolute atomic E-state index is 0.0731. The Morgan fingerprint density at radius 1 is 0.800 bits per heavy atom. The molecule has 0 unspecified atom stereocenters. The third kappa shape index (κ3) is 5.31. The van der Waals surface area contributed by atoms with Gasteiger partial charge >= 0.3 is 5.97 Å². The molecule has 1 aromatic heterocycles. The summed E-state index contributed by atoms with van der Waals surface area (Å²) in [6, 6.07) is 20.7. The first-order chi connectivity index (χ1) is 16.9. The van der Waals surface area contributed by atoms with Gasteiger partial charge in [0.2, 0.25) is 0 Å². The van der Waals surface area contributed by atoms with Crippen molar-refractivity contribution in [1.82, 2.24) is 4.98 Å². The van der Waals surface area contributed by atoms with E-state index in [1.165, 1.54) is 19.4 Å². The van der Waals surface area contributed by atoms with Gasteiger partial charge in [-0.05, 0) is 41.1 Å². The molecule has 9 heteroatoms. The van der Waals surface area contributed by atoms with Crippen molar-refractivity contribution in [1.29, 1.82) is 0 Å². The number of hydrogen-bond acceptors (Lipinski definition) is 6. The summed E-state index contributed by atoms with van der Waals surface area (Å²) in [5.41, 5.74) is 7.19. The van der Waals surface area contributed by atoms with Crippen LogP contribution in [0.1, 0.15) is 36.6 Å². The molecule has 0 radical (unpaired) electrons. The van der Waals surface area contributed by atoms with Crippen LogP contribution in [-0.4, -0.2) is 34.9 Å². The highest BCUT2D eigenvalue weighted by Crippen LogP contribution is 2.24. The molecule has 3 aromatic carbocycles. The number of anilines is 2. The van der Waals surface area contributed by atoms with Crippen LogP contribution < -0.4 is 16.4 Å². The van der Waals surface area contributed by atoms with Crippen LogP contribution in [0, 0.1) is 0 Å². The van der Waals surface area contributed by atoms with E-state index in [1.54, 1.807) is 36.4 Å². The number of rotatable bonds is 6. The van der Waals surface area contributed by atoms with Gasteiger partial charge in [-0.1, -0.05) is 54.7 Å². The second-order valence-corrected chi connectivity index (χ2v) is 7.96. The summed E-state index contributed by atoms with van der Waals surface area (Å²) in [5, 5.41) is 7.30. The highest BCUT2D eigenvalue weighted by Gasteiger charge is 2.17. The summed E-state index contributed by atoms with van der Waals surface area (Å²) in [6.45, 7) is 0. The molecule has 0 atom stereocenters. The smallest absolute Gasteiger partial charge is 0.339 e. The molecule has 174 valence electrons. The van der Waals surface area contributed by atoms with Gasteiger partial charge in [0, 0.05) is 22.9 Å². The third-order valence-corrected chi connectivity index (χ3v) is 5.47. The predicted octanol–water partition coefficient (Wildman–Crippen LogP) is 4.16. The van der Waals surface area contributed by atoms with Crippen molar-refractivity contribution in [3.63, 3.8) is 0 Å². The Labute approximate surface area is 206 Å². The zero-order valence-electron chi connectivity index (χ0n) is 18.6. The van der Waals surface area contributed by atoms with Crippen LogP contribution in [0.4, 0.5) is 11.5 Å². The standard InChI is InChI=1S/C26H20N4O4S/c1-34-26(33)20-13-21(29-24(31)17-9-7-16(8-10-17)22(27)35)23(28-14-20)30-25(32)19-11-6-15-4-2-3-5-18(15)12-19/h2-14H,1H3,(H2,27,35)(H,29,31)(H,28,30,32). The largest absolute Gasteiger partial charge is 0.465 e. The number of ether oxygens (including phenoxy) is 1. The van der Waals surface area contributed by atoms with Gasteiger partial charge in [-0.25, -0.2) is 9.78 Å². The van der Waals surface area contributed by atoms with Gasteiger partial charge in [0.1, 0.15) is 4.99 Å². The van der Waals surface area contributed by atoms with Gasteiger partial charge < -0.3 is 21.1 Å². The molecule has 1 heterocycles. The van der Waals surface area contributed by atoms with Gasteiger partial charge in [-0.2, -0.15) is 0 Å². The van der Waals surface area contributed by atoms with Crippen molar-refractivity contribution in [2.45, 2.75) is 0 Å². The zero-order chi connectivity index (χ0) is 24.9. The van der Waals surface area contributed by atoms with E-state index in [1.807, 2.05) is 30.3 Å². The summed E-state index contributed by atoms with van der Waals surface area (Å²) in [5.74, 6) is -1.47. The summed E-state index contributed by atoms with van der Waals surface area (Å²) in [7, 11) is 1.24. The van der Waals surface area contributed by atoms with Crippen LogP contribution in [0.5, 0.6) is 0 Å². The number of nitrogens with two attached hydrogens (primary N) is 1. The number of esters is 1. The molecule has 0 aliphatic carbocycles. The summed E-state index contributed by atoms with van der Waals surface area (Å²) in [4.78, 5) is 42.2. The van der Waals surface area contributed by atoms with E-state index in [2.05, 4.69) is 15.6 Å². The summed E-state index contributed by atoms with van der Waals surface area (Å²) in [6.07, 6.45) is 1.26. The normalized spacial score (nSPS) is 10.4. The Hall–Kier alpha value is -4.63. The number of carbonyl (C=O) groups is 3. The lowest BCUT2D eigenvalue weighted by atomic mass is 10.1. The van der Waals surface area contributed by atoms with Crippen LogP contribution in [0.25, 0.3) is 10.8 Å². The van der Waals surface area contributed by atoms with E-state index >= 15 is 0 Å². The van der Waals surface area contributed by atoms with E-state index in [4.69, 9.17) is 22.7 Å². The fourth-order valence-electron chi connectivity index (χ4n) is 3.38. The van der Waals surface area contributed by atoms with Crippen molar-refractivity contribution >= 4 is 57.3 Å². The predicted molar refractivity (Wildman–Crippen MR) is 138 cm³/mol. The number of nitrogens with zero attached hydrogens (tertiary/aromatic N) is 1. The number of amides is 2. The van der Waals surface area contributed by atoms with Gasteiger partial charge in [0.05, 0.1) is 18.4 Å². The Morgan fingerprint density at radius 3 is 2.11 bits per heavy atom. The van der Waals surface area contributed by atoms with Crippen molar-refractivity contribution < 1.29 is 19.1 Å². The number of nitrogens with one attached hydrogen (secondary N) is 2. The Balaban J connectivity index is 1.63. The monoisotopic (exact) mass is 484 g/mol. The second kappa shape index (κ2) is 10.1. The topological polar surface area (TPSA) is 123 Å². The molecule has 0 spiro atoms. The molecular weight excluding hydrogens is 464 g/mol.